The number of morpholine rings is 1. The Morgan fingerprint density at radius 2 is 1.93 bits per heavy atom. The second kappa shape index (κ2) is 10.5. The molecule has 150 valence electrons. The zero-order chi connectivity index (χ0) is 19.1. The highest BCUT2D eigenvalue weighted by atomic mass is 35.5. The Morgan fingerprint density at radius 1 is 1.22 bits per heavy atom. The Kier molecular flexibility index (Phi) is 8.05. The van der Waals surface area contributed by atoms with Gasteiger partial charge in [0.05, 0.1) is 18.6 Å². The van der Waals surface area contributed by atoms with Crippen molar-refractivity contribution in [3.05, 3.63) is 16.2 Å². The van der Waals surface area contributed by atoms with Crippen molar-refractivity contribution < 1.29 is 4.74 Å². The molecule has 0 aliphatic carbocycles. The first-order chi connectivity index (χ1) is 13.2. The molecule has 27 heavy (non-hydrogen) atoms. The van der Waals surface area contributed by atoms with Crippen molar-refractivity contribution in [1.29, 1.82) is 0 Å². The van der Waals surface area contributed by atoms with Crippen molar-refractivity contribution >= 4 is 39.0 Å². The van der Waals surface area contributed by atoms with Gasteiger partial charge in [-0.15, -0.1) is 11.3 Å². The monoisotopic (exact) mass is 412 g/mol. The van der Waals surface area contributed by atoms with Gasteiger partial charge in [0, 0.05) is 50.7 Å². The van der Waals surface area contributed by atoms with Crippen LogP contribution in [0.2, 0.25) is 5.28 Å². The number of piperazine rings is 1. The van der Waals surface area contributed by atoms with Crippen LogP contribution in [0.1, 0.15) is 11.8 Å². The zero-order valence-electron chi connectivity index (χ0n) is 16.1. The Hall–Kier alpha value is -1.03. The molecule has 4 heterocycles. The van der Waals surface area contributed by atoms with Gasteiger partial charge in [0.2, 0.25) is 5.28 Å². The summed E-state index contributed by atoms with van der Waals surface area (Å²) in [6, 6.07) is 2.24. The van der Waals surface area contributed by atoms with E-state index in [2.05, 4.69) is 43.4 Å². The summed E-state index contributed by atoms with van der Waals surface area (Å²) in [6.45, 7) is 11.6. The standard InChI is InChI=1S/C15H20ClN5OS.C3H9N/c16-15-18-13(21-5-7-22-8-6-21)12-9-11(23-14(12)19-15)10-20-3-1-17-2-4-20;1-3-4-2/h9,17H,1-8,10H2;4H,3H2,1-2H3. The van der Waals surface area contributed by atoms with Gasteiger partial charge in [-0.3, -0.25) is 4.90 Å². The van der Waals surface area contributed by atoms with E-state index in [0.29, 0.717) is 5.28 Å². The minimum Gasteiger partial charge on any atom is -0.378 e. The lowest BCUT2D eigenvalue weighted by Gasteiger charge is -2.28. The van der Waals surface area contributed by atoms with Gasteiger partial charge < -0.3 is 20.3 Å². The third kappa shape index (κ3) is 5.73. The summed E-state index contributed by atoms with van der Waals surface area (Å²) in [4.78, 5) is 16.0. The van der Waals surface area contributed by atoms with Crippen LogP contribution in [0.15, 0.2) is 6.07 Å². The van der Waals surface area contributed by atoms with Gasteiger partial charge in [-0.25, -0.2) is 4.98 Å². The normalized spacial score (nSPS) is 18.4. The number of thiophene rings is 1. The maximum absolute atomic E-state index is 6.15. The predicted octanol–water partition coefficient (Wildman–Crippen LogP) is 1.81. The van der Waals surface area contributed by atoms with Gasteiger partial charge >= 0.3 is 0 Å². The lowest BCUT2D eigenvalue weighted by Crippen LogP contribution is -2.42. The minimum atomic E-state index is 0.328. The quantitative estimate of drug-likeness (QED) is 0.742. The molecule has 2 saturated heterocycles. The van der Waals surface area contributed by atoms with Gasteiger partial charge in [0.25, 0.3) is 0 Å². The number of nitrogens with one attached hydrogen (secondary N) is 2. The molecule has 2 fully saturated rings. The fraction of sp³-hybridized carbons (Fsp3) is 0.667. The SMILES string of the molecule is CCNC.Clc1nc(N2CCOCC2)c2cc(CN3CCNCC3)sc2n1. The highest BCUT2D eigenvalue weighted by Crippen LogP contribution is 2.33. The molecular formula is C18H29ClN6OS. The number of fused-ring (bicyclic) bond motifs is 1. The van der Waals surface area contributed by atoms with E-state index in [0.717, 1.165) is 81.6 Å². The first kappa shape index (κ1) is 20.7. The van der Waals surface area contributed by atoms with Crippen molar-refractivity contribution in [2.45, 2.75) is 13.5 Å². The summed E-state index contributed by atoms with van der Waals surface area (Å²) in [6.07, 6.45) is 0. The maximum Gasteiger partial charge on any atom is 0.225 e. The number of rotatable bonds is 4. The van der Waals surface area contributed by atoms with Crippen LogP contribution < -0.4 is 15.5 Å². The van der Waals surface area contributed by atoms with Gasteiger partial charge in [-0.05, 0) is 31.3 Å². The molecular weight excluding hydrogens is 384 g/mol. The molecule has 0 atom stereocenters. The molecule has 4 rings (SSSR count). The van der Waals surface area contributed by atoms with E-state index < -0.39 is 0 Å². The van der Waals surface area contributed by atoms with Gasteiger partial charge in [0.15, 0.2) is 0 Å². The lowest BCUT2D eigenvalue weighted by atomic mass is 10.3. The van der Waals surface area contributed by atoms with Gasteiger partial charge in [0.1, 0.15) is 10.6 Å². The van der Waals surface area contributed by atoms with Crippen molar-refractivity contribution in [3.8, 4) is 0 Å². The molecule has 0 saturated carbocycles. The van der Waals surface area contributed by atoms with E-state index >= 15 is 0 Å². The van der Waals surface area contributed by atoms with Crippen LogP contribution in [0.25, 0.3) is 10.2 Å². The molecule has 0 aromatic carbocycles. The van der Waals surface area contributed by atoms with Crippen LogP contribution >= 0.6 is 22.9 Å². The highest BCUT2D eigenvalue weighted by molar-refractivity contribution is 7.18. The van der Waals surface area contributed by atoms with Crippen LogP contribution in [-0.2, 0) is 11.3 Å². The highest BCUT2D eigenvalue weighted by Gasteiger charge is 2.20. The topological polar surface area (TPSA) is 65.6 Å². The largest absolute Gasteiger partial charge is 0.378 e. The molecule has 9 heteroatoms. The van der Waals surface area contributed by atoms with E-state index in [1.54, 1.807) is 11.3 Å². The fourth-order valence-electron chi connectivity index (χ4n) is 3.11. The molecule has 2 aromatic heterocycles. The maximum atomic E-state index is 6.15. The number of hydrogen-bond donors (Lipinski definition) is 2. The molecule has 0 spiro atoms. The summed E-state index contributed by atoms with van der Waals surface area (Å²) in [5.74, 6) is 0.950. The molecule has 2 aliphatic heterocycles. The van der Waals surface area contributed by atoms with E-state index in [1.807, 2.05) is 7.05 Å². The minimum absolute atomic E-state index is 0.328. The molecule has 0 amide bonds. The van der Waals surface area contributed by atoms with E-state index in [4.69, 9.17) is 16.3 Å². The Labute approximate surface area is 170 Å². The van der Waals surface area contributed by atoms with E-state index in [-0.39, 0.29) is 0 Å². The second-order valence-electron chi connectivity index (χ2n) is 6.58. The summed E-state index contributed by atoms with van der Waals surface area (Å²) in [7, 11) is 1.93. The first-order valence-electron chi connectivity index (χ1n) is 9.57. The molecule has 2 aromatic rings. The smallest absolute Gasteiger partial charge is 0.225 e. The Bertz CT molecular complexity index is 713. The number of nitrogens with zero attached hydrogens (tertiary/aromatic N) is 4. The predicted molar refractivity (Wildman–Crippen MR) is 113 cm³/mol. The number of aromatic nitrogens is 2. The molecule has 0 bridgehead atoms. The van der Waals surface area contributed by atoms with Crippen molar-refractivity contribution in [2.24, 2.45) is 0 Å². The summed E-state index contributed by atoms with van der Waals surface area (Å²) >= 11 is 7.88. The lowest BCUT2D eigenvalue weighted by molar-refractivity contribution is 0.122. The Balaban J connectivity index is 0.000000481. The second-order valence-corrected chi connectivity index (χ2v) is 8.03. The molecule has 7 nitrogen and oxygen atoms in total. The van der Waals surface area contributed by atoms with Gasteiger partial charge in [-0.2, -0.15) is 4.98 Å². The average molecular weight is 413 g/mol. The van der Waals surface area contributed by atoms with Crippen LogP contribution in [0.4, 0.5) is 5.82 Å². The zero-order valence-corrected chi connectivity index (χ0v) is 17.7. The molecule has 2 N–H and O–H groups in total. The van der Waals surface area contributed by atoms with Crippen LogP contribution in [-0.4, -0.2) is 80.9 Å². The summed E-state index contributed by atoms with van der Waals surface area (Å²) in [5.41, 5.74) is 0. The van der Waals surface area contributed by atoms with Crippen LogP contribution in [0.5, 0.6) is 0 Å². The summed E-state index contributed by atoms with van der Waals surface area (Å²) in [5, 5.41) is 7.77. The number of hydrogen-bond acceptors (Lipinski definition) is 8. The van der Waals surface area contributed by atoms with E-state index in [1.165, 1.54) is 4.88 Å². The first-order valence-corrected chi connectivity index (χ1v) is 10.8. The van der Waals surface area contributed by atoms with Crippen molar-refractivity contribution in [3.63, 3.8) is 0 Å². The van der Waals surface area contributed by atoms with Crippen LogP contribution in [0, 0.1) is 0 Å². The third-order valence-corrected chi connectivity index (χ3v) is 5.83. The van der Waals surface area contributed by atoms with Crippen molar-refractivity contribution in [2.75, 3.05) is 71.0 Å². The van der Waals surface area contributed by atoms with Crippen molar-refractivity contribution in [1.82, 2.24) is 25.5 Å². The molecule has 2 aliphatic rings. The van der Waals surface area contributed by atoms with Crippen LogP contribution in [0.3, 0.4) is 0 Å². The molecule has 0 unspecified atom stereocenters. The van der Waals surface area contributed by atoms with E-state index in [9.17, 15) is 0 Å². The van der Waals surface area contributed by atoms with Gasteiger partial charge in [-0.1, -0.05) is 6.92 Å². The molecule has 0 radical (unpaired) electrons. The summed E-state index contributed by atoms with van der Waals surface area (Å²) < 4.78 is 5.44. The number of anilines is 1. The third-order valence-electron chi connectivity index (χ3n) is 4.65. The number of ether oxygens (including phenoxy) is 1. The average Bonchev–Trinajstić information content (AvgIpc) is 3.11. The fourth-order valence-corrected chi connectivity index (χ4v) is 4.39. The number of halogens is 1. The Morgan fingerprint density at radius 3 is 2.59 bits per heavy atom.